The van der Waals surface area contributed by atoms with Crippen LogP contribution in [0.2, 0.25) is 0 Å². The van der Waals surface area contributed by atoms with Crippen LogP contribution in [0, 0.1) is 5.92 Å². The van der Waals surface area contributed by atoms with Gasteiger partial charge in [-0.1, -0.05) is 25.9 Å². The molecule has 2 rings (SSSR count). The number of pyridine rings is 1. The van der Waals surface area contributed by atoms with Crippen LogP contribution in [0.4, 0.5) is 0 Å². The third kappa shape index (κ3) is 3.63. The average Bonchev–Trinajstić information content (AvgIpc) is 2.85. The predicted molar refractivity (Wildman–Crippen MR) is 78.0 cm³/mol. The van der Waals surface area contributed by atoms with Crippen molar-refractivity contribution in [1.82, 2.24) is 15.1 Å². The van der Waals surface area contributed by atoms with Crippen LogP contribution >= 0.6 is 0 Å². The van der Waals surface area contributed by atoms with Crippen LogP contribution in [0.5, 0.6) is 0 Å². The summed E-state index contributed by atoms with van der Waals surface area (Å²) < 4.78 is 5.31. The summed E-state index contributed by atoms with van der Waals surface area (Å²) in [5.74, 6) is 1.79. The molecule has 0 aliphatic heterocycles. The van der Waals surface area contributed by atoms with Crippen molar-refractivity contribution in [2.75, 3.05) is 0 Å². The van der Waals surface area contributed by atoms with E-state index < -0.39 is 0 Å². The largest absolute Gasteiger partial charge is 0.339 e. The lowest BCUT2D eigenvalue weighted by molar-refractivity contribution is 0.359. The van der Waals surface area contributed by atoms with Crippen LogP contribution in [-0.4, -0.2) is 21.2 Å². The molecule has 0 fully saturated rings. The summed E-state index contributed by atoms with van der Waals surface area (Å²) in [7, 11) is 0. The molecule has 0 radical (unpaired) electrons. The summed E-state index contributed by atoms with van der Waals surface area (Å²) >= 11 is 0. The lowest BCUT2D eigenvalue weighted by atomic mass is 10.0. The second-order valence-corrected chi connectivity index (χ2v) is 5.49. The predicted octanol–water partition coefficient (Wildman–Crippen LogP) is 2.61. The van der Waals surface area contributed by atoms with Crippen molar-refractivity contribution in [2.45, 2.75) is 46.1 Å². The van der Waals surface area contributed by atoms with Crippen molar-refractivity contribution in [3.63, 3.8) is 0 Å². The van der Waals surface area contributed by atoms with Crippen molar-refractivity contribution in [2.24, 2.45) is 11.7 Å². The first-order valence-electron chi connectivity index (χ1n) is 7.11. The molecular formula is C15H22N4O. The van der Waals surface area contributed by atoms with Crippen LogP contribution < -0.4 is 5.73 Å². The Kier molecular flexibility index (Phi) is 4.84. The Morgan fingerprint density at radius 1 is 1.35 bits per heavy atom. The Bertz CT molecular complexity index is 550. The first-order chi connectivity index (χ1) is 9.60. The van der Waals surface area contributed by atoms with E-state index >= 15 is 0 Å². The normalized spacial score (nSPS) is 12.8. The highest BCUT2D eigenvalue weighted by Gasteiger charge is 2.15. The van der Waals surface area contributed by atoms with E-state index in [0.717, 1.165) is 24.0 Å². The molecule has 108 valence electrons. The van der Waals surface area contributed by atoms with Gasteiger partial charge in [0, 0.05) is 30.4 Å². The number of rotatable bonds is 6. The zero-order valence-corrected chi connectivity index (χ0v) is 12.3. The zero-order valence-electron chi connectivity index (χ0n) is 12.3. The minimum absolute atomic E-state index is 0.0615. The third-order valence-corrected chi connectivity index (χ3v) is 3.20. The number of hydrogen-bond acceptors (Lipinski definition) is 5. The fourth-order valence-electron chi connectivity index (χ4n) is 2.29. The van der Waals surface area contributed by atoms with Gasteiger partial charge in [0.25, 0.3) is 0 Å². The van der Waals surface area contributed by atoms with Crippen molar-refractivity contribution in [1.29, 1.82) is 0 Å². The molecule has 0 aromatic carbocycles. The van der Waals surface area contributed by atoms with Crippen molar-refractivity contribution in [3.05, 3.63) is 29.9 Å². The van der Waals surface area contributed by atoms with E-state index in [2.05, 4.69) is 35.9 Å². The molecule has 0 spiro atoms. The fourth-order valence-corrected chi connectivity index (χ4v) is 2.29. The van der Waals surface area contributed by atoms with E-state index in [1.165, 1.54) is 0 Å². The molecule has 0 aliphatic carbocycles. The summed E-state index contributed by atoms with van der Waals surface area (Å²) in [6.45, 7) is 6.40. The lowest BCUT2D eigenvalue weighted by Gasteiger charge is -2.10. The summed E-state index contributed by atoms with van der Waals surface area (Å²) in [5, 5.41) is 4.06. The SMILES string of the molecule is CCc1cnccc1-c1noc(CC(N)CC(C)C)n1. The topological polar surface area (TPSA) is 77.8 Å². The number of aryl methyl sites for hydroxylation is 1. The van der Waals surface area contributed by atoms with Crippen LogP contribution in [0.15, 0.2) is 23.0 Å². The molecule has 1 unspecified atom stereocenters. The molecule has 2 aromatic heterocycles. The molecular weight excluding hydrogens is 252 g/mol. The summed E-state index contributed by atoms with van der Waals surface area (Å²) in [6, 6.07) is 1.98. The van der Waals surface area contributed by atoms with Gasteiger partial charge in [0.2, 0.25) is 11.7 Å². The molecule has 0 saturated carbocycles. The maximum absolute atomic E-state index is 6.07. The Labute approximate surface area is 119 Å². The molecule has 20 heavy (non-hydrogen) atoms. The quantitative estimate of drug-likeness (QED) is 0.876. The van der Waals surface area contributed by atoms with Gasteiger partial charge in [-0.25, -0.2) is 0 Å². The van der Waals surface area contributed by atoms with Crippen LogP contribution in [-0.2, 0) is 12.8 Å². The first kappa shape index (κ1) is 14.7. The Morgan fingerprint density at radius 3 is 2.85 bits per heavy atom. The van der Waals surface area contributed by atoms with Crippen LogP contribution in [0.3, 0.4) is 0 Å². The first-order valence-corrected chi connectivity index (χ1v) is 7.11. The Morgan fingerprint density at radius 2 is 2.15 bits per heavy atom. The maximum atomic E-state index is 6.07. The van der Waals surface area contributed by atoms with E-state index in [0.29, 0.717) is 24.1 Å². The zero-order chi connectivity index (χ0) is 14.5. The number of nitrogens with zero attached hydrogens (tertiary/aromatic N) is 3. The van der Waals surface area contributed by atoms with Crippen LogP contribution in [0.25, 0.3) is 11.4 Å². The Balaban J connectivity index is 2.12. The molecule has 2 N–H and O–H groups in total. The van der Waals surface area contributed by atoms with Gasteiger partial charge in [-0.05, 0) is 30.4 Å². The number of aromatic nitrogens is 3. The van der Waals surface area contributed by atoms with Crippen molar-refractivity contribution in [3.8, 4) is 11.4 Å². The van der Waals surface area contributed by atoms with E-state index in [4.69, 9.17) is 10.3 Å². The van der Waals surface area contributed by atoms with Crippen molar-refractivity contribution >= 4 is 0 Å². The van der Waals surface area contributed by atoms with E-state index in [1.54, 1.807) is 6.20 Å². The number of nitrogens with two attached hydrogens (primary N) is 1. The van der Waals surface area contributed by atoms with Gasteiger partial charge < -0.3 is 10.3 Å². The van der Waals surface area contributed by atoms with Gasteiger partial charge in [-0.2, -0.15) is 4.98 Å². The molecule has 5 heteroatoms. The lowest BCUT2D eigenvalue weighted by Crippen LogP contribution is -2.24. The third-order valence-electron chi connectivity index (χ3n) is 3.20. The standard InChI is InChI=1S/C15H22N4O/c1-4-11-9-17-6-5-13(11)15-18-14(20-19-15)8-12(16)7-10(2)3/h5-6,9-10,12H,4,7-8,16H2,1-3H3. The fraction of sp³-hybridized carbons (Fsp3) is 0.533. The number of hydrogen-bond donors (Lipinski definition) is 1. The van der Waals surface area contributed by atoms with Gasteiger partial charge in [-0.3, -0.25) is 4.98 Å². The van der Waals surface area contributed by atoms with Gasteiger partial charge in [0.05, 0.1) is 0 Å². The molecule has 2 heterocycles. The van der Waals surface area contributed by atoms with Gasteiger partial charge in [0.1, 0.15) is 0 Å². The minimum Gasteiger partial charge on any atom is -0.339 e. The molecule has 0 aliphatic rings. The molecule has 0 saturated heterocycles. The summed E-state index contributed by atoms with van der Waals surface area (Å²) in [6.07, 6.45) is 6.05. The summed E-state index contributed by atoms with van der Waals surface area (Å²) in [4.78, 5) is 8.57. The van der Waals surface area contributed by atoms with Crippen LogP contribution in [0.1, 0.15) is 38.6 Å². The highest BCUT2D eigenvalue weighted by molar-refractivity contribution is 5.58. The second-order valence-electron chi connectivity index (χ2n) is 5.49. The average molecular weight is 274 g/mol. The molecule has 5 nitrogen and oxygen atoms in total. The smallest absolute Gasteiger partial charge is 0.228 e. The summed E-state index contributed by atoms with van der Waals surface area (Å²) in [5.41, 5.74) is 8.17. The van der Waals surface area contributed by atoms with Gasteiger partial charge >= 0.3 is 0 Å². The van der Waals surface area contributed by atoms with E-state index in [9.17, 15) is 0 Å². The van der Waals surface area contributed by atoms with E-state index in [1.807, 2.05) is 12.3 Å². The van der Waals surface area contributed by atoms with Gasteiger partial charge in [0.15, 0.2) is 0 Å². The molecule has 0 amide bonds. The Hall–Kier alpha value is -1.75. The second kappa shape index (κ2) is 6.61. The van der Waals surface area contributed by atoms with E-state index in [-0.39, 0.29) is 6.04 Å². The van der Waals surface area contributed by atoms with Gasteiger partial charge in [-0.15, -0.1) is 0 Å². The molecule has 2 aromatic rings. The monoisotopic (exact) mass is 274 g/mol. The maximum Gasteiger partial charge on any atom is 0.228 e. The highest BCUT2D eigenvalue weighted by Crippen LogP contribution is 2.20. The highest BCUT2D eigenvalue weighted by atomic mass is 16.5. The minimum atomic E-state index is 0.0615. The molecule has 1 atom stereocenters. The molecule has 0 bridgehead atoms. The van der Waals surface area contributed by atoms with Crippen molar-refractivity contribution < 1.29 is 4.52 Å².